The molecular formula is C19H15F6N7O. The molecule has 0 unspecified atom stereocenters. The molecule has 3 aromatic heterocycles. The van der Waals surface area contributed by atoms with Gasteiger partial charge in [-0.3, -0.25) is 4.98 Å². The Morgan fingerprint density at radius 1 is 1.00 bits per heavy atom. The smallest absolute Gasteiger partial charge is 0.378 e. The van der Waals surface area contributed by atoms with Gasteiger partial charge in [0.25, 0.3) is 0 Å². The number of nitrogens with zero attached hydrogens (tertiary/aromatic N) is 6. The minimum Gasteiger partial charge on any atom is -0.378 e. The minimum absolute atomic E-state index is 0.0150. The van der Waals surface area contributed by atoms with Crippen molar-refractivity contribution in [3.05, 3.63) is 47.9 Å². The SMILES string of the molecule is Cc1cccc(-c2nc(Nc3ccnc(C(F)(F)F)c3)nc(N3CC(O)(C(F)(F)F)C3)n2)n1. The van der Waals surface area contributed by atoms with E-state index in [1.54, 1.807) is 25.1 Å². The number of hydrogen-bond donors (Lipinski definition) is 2. The van der Waals surface area contributed by atoms with Crippen LogP contribution in [0.2, 0.25) is 0 Å². The summed E-state index contributed by atoms with van der Waals surface area (Å²) >= 11 is 0. The summed E-state index contributed by atoms with van der Waals surface area (Å²) in [5, 5.41) is 12.3. The molecule has 0 aliphatic carbocycles. The van der Waals surface area contributed by atoms with Crippen molar-refractivity contribution in [1.29, 1.82) is 0 Å². The number of rotatable bonds is 4. The molecule has 0 radical (unpaired) electrons. The number of halogens is 6. The summed E-state index contributed by atoms with van der Waals surface area (Å²) in [4.78, 5) is 20.9. The molecule has 0 saturated carbocycles. The Labute approximate surface area is 182 Å². The van der Waals surface area contributed by atoms with E-state index < -0.39 is 36.7 Å². The van der Waals surface area contributed by atoms with Gasteiger partial charge in [0.15, 0.2) is 11.4 Å². The molecule has 4 rings (SSSR count). The minimum atomic E-state index is -4.84. The average Bonchev–Trinajstić information content (AvgIpc) is 2.70. The van der Waals surface area contributed by atoms with Gasteiger partial charge < -0.3 is 15.3 Å². The van der Waals surface area contributed by atoms with Crippen molar-refractivity contribution in [3.8, 4) is 11.5 Å². The van der Waals surface area contributed by atoms with Crippen molar-refractivity contribution in [2.45, 2.75) is 24.9 Å². The second-order valence-electron chi connectivity index (χ2n) is 7.38. The Balaban J connectivity index is 1.70. The lowest BCUT2D eigenvalue weighted by molar-refractivity contribution is -0.267. The van der Waals surface area contributed by atoms with Crippen molar-refractivity contribution in [2.24, 2.45) is 0 Å². The van der Waals surface area contributed by atoms with Crippen LogP contribution in [0.5, 0.6) is 0 Å². The van der Waals surface area contributed by atoms with E-state index in [9.17, 15) is 31.4 Å². The van der Waals surface area contributed by atoms with Crippen LogP contribution in [-0.2, 0) is 6.18 Å². The first kappa shape index (κ1) is 22.6. The number of pyridine rings is 2. The fraction of sp³-hybridized carbons (Fsp3) is 0.316. The van der Waals surface area contributed by atoms with Crippen molar-refractivity contribution in [3.63, 3.8) is 0 Å². The van der Waals surface area contributed by atoms with Crippen molar-refractivity contribution < 1.29 is 31.4 Å². The number of nitrogens with one attached hydrogen (secondary N) is 1. The third-order valence-corrected chi connectivity index (χ3v) is 4.76. The molecule has 1 saturated heterocycles. The molecule has 1 aliphatic heterocycles. The summed E-state index contributed by atoms with van der Waals surface area (Å²) in [6, 6.07) is 6.92. The maximum atomic E-state index is 13.0. The van der Waals surface area contributed by atoms with E-state index in [0.717, 1.165) is 17.2 Å². The molecule has 0 amide bonds. The molecule has 1 fully saturated rings. The lowest BCUT2D eigenvalue weighted by Crippen LogP contribution is -2.69. The van der Waals surface area contributed by atoms with Gasteiger partial charge in [-0.2, -0.15) is 41.3 Å². The maximum absolute atomic E-state index is 13.0. The Hall–Kier alpha value is -3.55. The molecule has 3 aromatic rings. The Kier molecular flexibility index (Phi) is 5.35. The third-order valence-electron chi connectivity index (χ3n) is 4.76. The quantitative estimate of drug-likeness (QED) is 0.558. The zero-order valence-electron chi connectivity index (χ0n) is 16.8. The molecule has 33 heavy (non-hydrogen) atoms. The van der Waals surface area contributed by atoms with Gasteiger partial charge in [0.1, 0.15) is 11.4 Å². The van der Waals surface area contributed by atoms with Gasteiger partial charge in [0.2, 0.25) is 11.9 Å². The van der Waals surface area contributed by atoms with Crippen LogP contribution in [-0.4, -0.2) is 54.9 Å². The van der Waals surface area contributed by atoms with Gasteiger partial charge in [-0.15, -0.1) is 0 Å². The first-order chi connectivity index (χ1) is 15.3. The molecular weight excluding hydrogens is 456 g/mol. The first-order valence-corrected chi connectivity index (χ1v) is 9.38. The predicted octanol–water partition coefficient (Wildman–Crippen LogP) is 3.51. The fourth-order valence-electron chi connectivity index (χ4n) is 3.04. The van der Waals surface area contributed by atoms with E-state index in [2.05, 4.69) is 30.2 Å². The normalized spacial score (nSPS) is 15.8. The number of aryl methyl sites for hydroxylation is 1. The molecule has 0 bridgehead atoms. The molecule has 0 atom stereocenters. The van der Waals surface area contributed by atoms with E-state index >= 15 is 0 Å². The molecule has 2 N–H and O–H groups in total. The van der Waals surface area contributed by atoms with Crippen LogP contribution in [0.25, 0.3) is 11.5 Å². The first-order valence-electron chi connectivity index (χ1n) is 9.38. The van der Waals surface area contributed by atoms with Gasteiger partial charge in [-0.25, -0.2) is 4.98 Å². The summed E-state index contributed by atoms with van der Waals surface area (Å²) in [6.45, 7) is 0.0848. The number of aromatic nitrogens is 5. The van der Waals surface area contributed by atoms with Crippen LogP contribution in [0.3, 0.4) is 0 Å². The zero-order valence-corrected chi connectivity index (χ0v) is 16.8. The van der Waals surface area contributed by atoms with E-state index in [1.165, 1.54) is 6.07 Å². The van der Waals surface area contributed by atoms with Crippen molar-refractivity contribution >= 4 is 17.6 Å². The molecule has 0 spiro atoms. The van der Waals surface area contributed by atoms with Crippen LogP contribution in [0.15, 0.2) is 36.5 Å². The van der Waals surface area contributed by atoms with Gasteiger partial charge in [0, 0.05) is 17.6 Å². The number of aliphatic hydroxyl groups is 1. The number of β-amino-alcohol motifs (C(OH)–C–C–N with tert-alkyl or cyclic N) is 1. The lowest BCUT2D eigenvalue weighted by Gasteiger charge is -2.46. The highest BCUT2D eigenvalue weighted by Gasteiger charge is 2.61. The van der Waals surface area contributed by atoms with Crippen LogP contribution < -0.4 is 10.2 Å². The molecule has 14 heteroatoms. The molecule has 4 heterocycles. The molecule has 8 nitrogen and oxygen atoms in total. The Morgan fingerprint density at radius 2 is 1.73 bits per heavy atom. The largest absolute Gasteiger partial charge is 0.433 e. The number of alkyl halides is 6. The fourth-order valence-corrected chi connectivity index (χ4v) is 3.04. The molecule has 1 aliphatic rings. The van der Waals surface area contributed by atoms with E-state index in [1.807, 2.05) is 0 Å². The zero-order chi connectivity index (χ0) is 24.0. The lowest BCUT2D eigenvalue weighted by atomic mass is 9.94. The van der Waals surface area contributed by atoms with E-state index in [0.29, 0.717) is 5.69 Å². The molecule has 0 aromatic carbocycles. The van der Waals surface area contributed by atoms with Crippen LogP contribution in [0, 0.1) is 6.92 Å². The van der Waals surface area contributed by atoms with Crippen molar-refractivity contribution in [2.75, 3.05) is 23.3 Å². The number of hydrogen-bond acceptors (Lipinski definition) is 8. The summed E-state index contributed by atoms with van der Waals surface area (Å²) in [5.41, 5.74) is -3.22. The van der Waals surface area contributed by atoms with Gasteiger partial charge in [-0.1, -0.05) is 6.07 Å². The highest BCUT2D eigenvalue weighted by molar-refractivity contribution is 5.60. The van der Waals surface area contributed by atoms with Crippen LogP contribution in [0.1, 0.15) is 11.4 Å². The third kappa shape index (κ3) is 4.65. The monoisotopic (exact) mass is 471 g/mol. The average molecular weight is 471 g/mol. The van der Waals surface area contributed by atoms with Crippen LogP contribution >= 0.6 is 0 Å². The van der Waals surface area contributed by atoms with Crippen molar-refractivity contribution in [1.82, 2.24) is 24.9 Å². The number of anilines is 3. The van der Waals surface area contributed by atoms with Gasteiger partial charge in [0.05, 0.1) is 13.1 Å². The summed E-state index contributed by atoms with van der Waals surface area (Å²) < 4.78 is 77.9. The highest BCUT2D eigenvalue weighted by Crippen LogP contribution is 2.39. The Bertz CT molecular complexity index is 1180. The van der Waals surface area contributed by atoms with Gasteiger partial charge >= 0.3 is 12.4 Å². The summed E-state index contributed by atoms with van der Waals surface area (Å²) in [7, 11) is 0. The van der Waals surface area contributed by atoms with Gasteiger partial charge in [-0.05, 0) is 31.2 Å². The highest BCUT2D eigenvalue weighted by atomic mass is 19.4. The van der Waals surface area contributed by atoms with E-state index in [-0.39, 0.29) is 29.1 Å². The summed E-state index contributed by atoms with van der Waals surface area (Å²) in [6.07, 6.45) is -8.59. The molecule has 174 valence electrons. The standard InChI is InChI=1S/C19H15F6N7O/c1-10-3-2-4-12(27-10)14-29-15(28-11-5-6-26-13(7-11)18(20,21)22)31-16(30-14)32-8-17(33,9-32)19(23,24)25/h2-7,33H,8-9H2,1H3,(H,26,28,29,30,31). The van der Waals surface area contributed by atoms with E-state index in [4.69, 9.17) is 0 Å². The summed E-state index contributed by atoms with van der Waals surface area (Å²) in [5.74, 6) is -0.441. The van der Waals surface area contributed by atoms with Crippen LogP contribution in [0.4, 0.5) is 43.9 Å². The predicted molar refractivity (Wildman–Crippen MR) is 104 cm³/mol. The second-order valence-corrected chi connectivity index (χ2v) is 7.38. The second kappa shape index (κ2) is 7.79. The Morgan fingerprint density at radius 3 is 2.36 bits per heavy atom. The topological polar surface area (TPSA) is 100.0 Å². The maximum Gasteiger partial charge on any atom is 0.433 e.